The Labute approximate surface area is 113 Å². The predicted octanol–water partition coefficient (Wildman–Crippen LogP) is 2.29. The lowest BCUT2D eigenvalue weighted by atomic mass is 9.99. The Morgan fingerprint density at radius 3 is 2.84 bits per heavy atom. The fraction of sp³-hybridized carbons (Fsp3) is 0.467. The zero-order valence-electron chi connectivity index (χ0n) is 11.2. The molecule has 100 valence electrons. The second-order valence-electron chi connectivity index (χ2n) is 5.42. The maximum Gasteiger partial charge on any atom is 0.242 e. The second kappa shape index (κ2) is 5.03. The molecule has 19 heavy (non-hydrogen) atoms. The number of rotatable bonds is 2. The Balaban J connectivity index is 1.72. The van der Waals surface area contributed by atoms with Crippen molar-refractivity contribution in [3.05, 3.63) is 30.6 Å². The summed E-state index contributed by atoms with van der Waals surface area (Å²) in [6, 6.07) is 7.92. The van der Waals surface area contributed by atoms with Gasteiger partial charge in [0.15, 0.2) is 0 Å². The number of fused-ring (bicyclic) bond motifs is 1. The third kappa shape index (κ3) is 2.48. The molecule has 1 aromatic carbocycles. The van der Waals surface area contributed by atoms with E-state index >= 15 is 0 Å². The van der Waals surface area contributed by atoms with Gasteiger partial charge in [0.2, 0.25) is 5.91 Å². The van der Waals surface area contributed by atoms with Crippen LogP contribution in [0.2, 0.25) is 0 Å². The summed E-state index contributed by atoms with van der Waals surface area (Å²) in [6.45, 7) is 4.44. The number of nitrogens with zero attached hydrogens (tertiary/aromatic N) is 3. The Morgan fingerprint density at radius 1 is 1.32 bits per heavy atom. The molecule has 1 aliphatic rings. The highest BCUT2D eigenvalue weighted by Crippen LogP contribution is 2.17. The van der Waals surface area contributed by atoms with E-state index in [1.54, 1.807) is 6.33 Å². The molecule has 2 aromatic rings. The molecular weight excluding hydrogens is 238 g/mol. The number of likely N-dealkylation sites (tertiary alicyclic amines) is 1. The average molecular weight is 257 g/mol. The molecule has 0 aliphatic carbocycles. The molecule has 1 aromatic heterocycles. The minimum Gasteiger partial charge on any atom is -0.341 e. The van der Waals surface area contributed by atoms with Crippen molar-refractivity contribution < 1.29 is 4.79 Å². The summed E-state index contributed by atoms with van der Waals surface area (Å²) < 4.78 is 1.94. The van der Waals surface area contributed by atoms with Crippen LogP contribution in [0.5, 0.6) is 0 Å². The number of para-hydroxylation sites is 2. The van der Waals surface area contributed by atoms with Crippen LogP contribution in [0.1, 0.15) is 19.8 Å². The van der Waals surface area contributed by atoms with Crippen molar-refractivity contribution in [2.75, 3.05) is 13.1 Å². The van der Waals surface area contributed by atoms with Crippen LogP contribution in [-0.2, 0) is 11.3 Å². The molecule has 3 rings (SSSR count). The highest BCUT2D eigenvalue weighted by Gasteiger charge is 2.20. The van der Waals surface area contributed by atoms with E-state index in [1.165, 1.54) is 0 Å². The van der Waals surface area contributed by atoms with Crippen molar-refractivity contribution >= 4 is 16.9 Å². The largest absolute Gasteiger partial charge is 0.341 e. The number of imidazole rings is 1. The number of hydrogen-bond acceptors (Lipinski definition) is 2. The lowest BCUT2D eigenvalue weighted by Crippen LogP contribution is -2.39. The van der Waals surface area contributed by atoms with E-state index < -0.39 is 0 Å². The molecule has 4 nitrogen and oxygen atoms in total. The van der Waals surface area contributed by atoms with Crippen LogP contribution in [0.25, 0.3) is 11.0 Å². The zero-order valence-corrected chi connectivity index (χ0v) is 11.2. The monoisotopic (exact) mass is 257 g/mol. The highest BCUT2D eigenvalue weighted by atomic mass is 16.2. The SMILES string of the molecule is CC1CCN(C(=O)Cn2cnc3ccccc32)CC1. The lowest BCUT2D eigenvalue weighted by Gasteiger charge is -2.30. The van der Waals surface area contributed by atoms with Crippen molar-refractivity contribution in [2.45, 2.75) is 26.3 Å². The topological polar surface area (TPSA) is 38.1 Å². The fourth-order valence-corrected chi connectivity index (χ4v) is 2.64. The van der Waals surface area contributed by atoms with Crippen molar-refractivity contribution in [3.8, 4) is 0 Å². The normalized spacial score (nSPS) is 17.0. The van der Waals surface area contributed by atoms with Crippen LogP contribution >= 0.6 is 0 Å². The first-order chi connectivity index (χ1) is 9.24. The van der Waals surface area contributed by atoms with Gasteiger partial charge in [0.25, 0.3) is 0 Å². The number of carbonyl (C=O) groups is 1. The average Bonchev–Trinajstić information content (AvgIpc) is 2.83. The summed E-state index contributed by atoms with van der Waals surface area (Å²) in [7, 11) is 0. The van der Waals surface area contributed by atoms with Gasteiger partial charge in [-0.15, -0.1) is 0 Å². The van der Waals surface area contributed by atoms with Gasteiger partial charge >= 0.3 is 0 Å². The summed E-state index contributed by atoms with van der Waals surface area (Å²) in [5.41, 5.74) is 1.98. The summed E-state index contributed by atoms with van der Waals surface area (Å²) in [5, 5.41) is 0. The maximum atomic E-state index is 12.3. The second-order valence-corrected chi connectivity index (χ2v) is 5.42. The Hall–Kier alpha value is -1.84. The first-order valence-electron chi connectivity index (χ1n) is 6.91. The number of amides is 1. The molecule has 1 aliphatic heterocycles. The number of aromatic nitrogens is 2. The third-order valence-corrected chi connectivity index (χ3v) is 3.97. The zero-order chi connectivity index (χ0) is 13.2. The summed E-state index contributed by atoms with van der Waals surface area (Å²) in [4.78, 5) is 18.6. The molecule has 1 amide bonds. The van der Waals surface area contributed by atoms with Gasteiger partial charge in [-0.3, -0.25) is 4.79 Å². The molecule has 4 heteroatoms. The van der Waals surface area contributed by atoms with E-state index in [1.807, 2.05) is 33.7 Å². The van der Waals surface area contributed by atoms with Crippen molar-refractivity contribution in [3.63, 3.8) is 0 Å². The number of carbonyl (C=O) groups excluding carboxylic acids is 1. The smallest absolute Gasteiger partial charge is 0.242 e. The molecule has 0 spiro atoms. The van der Waals surface area contributed by atoms with Gasteiger partial charge in [-0.1, -0.05) is 19.1 Å². The van der Waals surface area contributed by atoms with Crippen molar-refractivity contribution in [2.24, 2.45) is 5.92 Å². The molecule has 0 atom stereocenters. The van der Waals surface area contributed by atoms with Gasteiger partial charge in [-0.2, -0.15) is 0 Å². The molecule has 0 saturated carbocycles. The van der Waals surface area contributed by atoms with Gasteiger partial charge < -0.3 is 9.47 Å². The van der Waals surface area contributed by atoms with Gasteiger partial charge in [-0.25, -0.2) is 4.98 Å². The van der Waals surface area contributed by atoms with Crippen LogP contribution in [0.3, 0.4) is 0 Å². The van der Waals surface area contributed by atoms with Crippen molar-refractivity contribution in [1.82, 2.24) is 14.5 Å². The van der Waals surface area contributed by atoms with Crippen LogP contribution in [0.4, 0.5) is 0 Å². The maximum absolute atomic E-state index is 12.3. The Bertz CT molecular complexity index is 582. The van der Waals surface area contributed by atoms with Gasteiger partial charge in [0, 0.05) is 13.1 Å². The summed E-state index contributed by atoms with van der Waals surface area (Å²) >= 11 is 0. The molecule has 0 radical (unpaired) electrons. The standard InChI is InChI=1S/C15H19N3O/c1-12-6-8-17(9-7-12)15(19)10-18-11-16-13-4-2-3-5-14(13)18/h2-5,11-12H,6-10H2,1H3. The van der Waals surface area contributed by atoms with E-state index in [4.69, 9.17) is 0 Å². The first-order valence-corrected chi connectivity index (χ1v) is 6.91. The quantitative estimate of drug-likeness (QED) is 0.828. The van der Waals surface area contributed by atoms with E-state index in [0.29, 0.717) is 6.54 Å². The number of benzene rings is 1. The van der Waals surface area contributed by atoms with E-state index in [2.05, 4.69) is 11.9 Å². The van der Waals surface area contributed by atoms with Crippen molar-refractivity contribution in [1.29, 1.82) is 0 Å². The fourth-order valence-electron chi connectivity index (χ4n) is 2.64. The van der Waals surface area contributed by atoms with E-state index in [-0.39, 0.29) is 5.91 Å². The van der Waals surface area contributed by atoms with Gasteiger partial charge in [0.1, 0.15) is 6.54 Å². The van der Waals surface area contributed by atoms with Gasteiger partial charge in [0.05, 0.1) is 17.4 Å². The first kappa shape index (κ1) is 12.2. The van der Waals surface area contributed by atoms with Crippen LogP contribution < -0.4 is 0 Å². The molecule has 1 saturated heterocycles. The molecule has 1 fully saturated rings. The minimum atomic E-state index is 0.204. The highest BCUT2D eigenvalue weighted by molar-refractivity contribution is 5.80. The summed E-state index contributed by atoms with van der Waals surface area (Å²) in [5.74, 6) is 0.952. The number of piperidine rings is 1. The lowest BCUT2D eigenvalue weighted by molar-refractivity contribution is -0.133. The third-order valence-electron chi connectivity index (χ3n) is 3.97. The van der Waals surface area contributed by atoms with Gasteiger partial charge in [-0.05, 0) is 30.9 Å². The minimum absolute atomic E-state index is 0.204. The Kier molecular flexibility index (Phi) is 3.23. The molecule has 0 unspecified atom stereocenters. The van der Waals surface area contributed by atoms with E-state index in [0.717, 1.165) is 42.9 Å². The summed E-state index contributed by atoms with van der Waals surface area (Å²) in [6.07, 6.45) is 4.00. The molecule has 0 bridgehead atoms. The van der Waals surface area contributed by atoms with E-state index in [9.17, 15) is 4.79 Å². The number of hydrogen-bond donors (Lipinski definition) is 0. The van der Waals surface area contributed by atoms with Crippen LogP contribution in [0.15, 0.2) is 30.6 Å². The Morgan fingerprint density at radius 2 is 2.05 bits per heavy atom. The molecular formula is C15H19N3O. The predicted molar refractivity (Wildman–Crippen MR) is 74.7 cm³/mol. The van der Waals surface area contributed by atoms with Crippen LogP contribution in [-0.4, -0.2) is 33.4 Å². The van der Waals surface area contributed by atoms with Crippen LogP contribution in [0, 0.1) is 5.92 Å². The molecule has 0 N–H and O–H groups in total. The molecule has 2 heterocycles.